The van der Waals surface area contributed by atoms with Crippen molar-refractivity contribution < 1.29 is 0 Å². The molecule has 2 rings (SSSR count). The summed E-state index contributed by atoms with van der Waals surface area (Å²) in [7, 11) is 0. The van der Waals surface area contributed by atoms with E-state index in [0.717, 1.165) is 12.5 Å². The number of rotatable bonds is 5. The zero-order chi connectivity index (χ0) is 11.4. The summed E-state index contributed by atoms with van der Waals surface area (Å²) in [6.45, 7) is 5.60. The minimum Gasteiger partial charge on any atom is -0.367 e. The zero-order valence-electron chi connectivity index (χ0n) is 10.4. The minimum atomic E-state index is 0.650. The van der Waals surface area contributed by atoms with Gasteiger partial charge in [-0.1, -0.05) is 26.7 Å². The lowest BCUT2D eigenvalue weighted by Gasteiger charge is -2.19. The van der Waals surface area contributed by atoms with Crippen LogP contribution in [-0.2, 0) is 6.54 Å². The molecule has 0 aliphatic heterocycles. The Kier molecular flexibility index (Phi) is 3.86. The number of aromatic nitrogens is 2. The Balaban J connectivity index is 1.95. The van der Waals surface area contributed by atoms with E-state index in [1.165, 1.54) is 37.9 Å². The van der Waals surface area contributed by atoms with E-state index in [0.29, 0.717) is 6.04 Å². The first-order chi connectivity index (χ1) is 7.81. The molecule has 1 aliphatic rings. The van der Waals surface area contributed by atoms with Crippen LogP contribution in [0.1, 0.15) is 46.0 Å². The third-order valence-electron chi connectivity index (χ3n) is 3.63. The smallest absolute Gasteiger partial charge is 0.124 e. The number of nitrogens with zero attached hydrogens (tertiary/aromatic N) is 2. The molecule has 0 radical (unpaired) electrons. The van der Waals surface area contributed by atoms with Crippen LogP contribution >= 0.6 is 0 Å². The second-order valence-electron chi connectivity index (χ2n) is 4.95. The standard InChI is InChI=1S/C13H23N3/c1-3-4-10-16-13(8-9-14-16)15-12-7-5-6-11(12)2/h8-9,11-12,15H,3-7,10H2,1-2H3. The Morgan fingerprint density at radius 1 is 1.50 bits per heavy atom. The normalized spacial score (nSPS) is 24.9. The molecule has 1 saturated carbocycles. The van der Waals surface area contributed by atoms with Crippen molar-refractivity contribution in [3.05, 3.63) is 12.3 Å². The average molecular weight is 221 g/mol. The van der Waals surface area contributed by atoms with Gasteiger partial charge in [-0.2, -0.15) is 5.10 Å². The number of nitrogens with one attached hydrogen (secondary N) is 1. The van der Waals surface area contributed by atoms with Crippen molar-refractivity contribution in [1.29, 1.82) is 0 Å². The van der Waals surface area contributed by atoms with Crippen LogP contribution in [0.15, 0.2) is 12.3 Å². The second-order valence-corrected chi connectivity index (χ2v) is 4.95. The lowest BCUT2D eigenvalue weighted by Crippen LogP contribution is -2.23. The topological polar surface area (TPSA) is 29.9 Å². The van der Waals surface area contributed by atoms with Gasteiger partial charge in [0, 0.05) is 18.7 Å². The fraction of sp³-hybridized carbons (Fsp3) is 0.769. The maximum atomic E-state index is 4.37. The largest absolute Gasteiger partial charge is 0.367 e. The second kappa shape index (κ2) is 5.37. The van der Waals surface area contributed by atoms with Crippen LogP contribution in [0.25, 0.3) is 0 Å². The number of hydrogen-bond acceptors (Lipinski definition) is 2. The highest BCUT2D eigenvalue weighted by Gasteiger charge is 2.23. The van der Waals surface area contributed by atoms with Gasteiger partial charge in [-0.3, -0.25) is 0 Å². The first-order valence-electron chi connectivity index (χ1n) is 6.59. The maximum Gasteiger partial charge on any atom is 0.124 e. The molecule has 1 fully saturated rings. The molecule has 1 aromatic rings. The van der Waals surface area contributed by atoms with E-state index in [9.17, 15) is 0 Å². The summed E-state index contributed by atoms with van der Waals surface area (Å²) in [4.78, 5) is 0. The van der Waals surface area contributed by atoms with Crippen molar-refractivity contribution in [2.24, 2.45) is 5.92 Å². The van der Waals surface area contributed by atoms with Gasteiger partial charge in [0.25, 0.3) is 0 Å². The van der Waals surface area contributed by atoms with Crippen molar-refractivity contribution in [2.75, 3.05) is 5.32 Å². The van der Waals surface area contributed by atoms with E-state index in [-0.39, 0.29) is 0 Å². The molecule has 0 bridgehead atoms. The highest BCUT2D eigenvalue weighted by molar-refractivity contribution is 5.35. The predicted molar refractivity (Wildman–Crippen MR) is 67.6 cm³/mol. The molecule has 1 N–H and O–H groups in total. The summed E-state index contributed by atoms with van der Waals surface area (Å²) in [5, 5.41) is 8.02. The van der Waals surface area contributed by atoms with E-state index in [1.54, 1.807) is 0 Å². The monoisotopic (exact) mass is 221 g/mol. The van der Waals surface area contributed by atoms with Gasteiger partial charge in [0.15, 0.2) is 0 Å². The Labute approximate surface area is 98.2 Å². The summed E-state index contributed by atoms with van der Waals surface area (Å²) in [6, 6.07) is 2.75. The highest BCUT2D eigenvalue weighted by Crippen LogP contribution is 2.27. The Hall–Kier alpha value is -0.990. The molecule has 16 heavy (non-hydrogen) atoms. The van der Waals surface area contributed by atoms with Gasteiger partial charge in [0.1, 0.15) is 5.82 Å². The first kappa shape index (κ1) is 11.5. The van der Waals surface area contributed by atoms with E-state index < -0.39 is 0 Å². The maximum absolute atomic E-state index is 4.37. The molecule has 3 nitrogen and oxygen atoms in total. The number of anilines is 1. The summed E-state index contributed by atoms with van der Waals surface area (Å²) < 4.78 is 2.11. The molecule has 0 aromatic carbocycles. The lowest BCUT2D eigenvalue weighted by molar-refractivity contribution is 0.535. The molecule has 2 unspecified atom stereocenters. The van der Waals surface area contributed by atoms with Crippen molar-refractivity contribution in [3.8, 4) is 0 Å². The lowest BCUT2D eigenvalue weighted by atomic mass is 10.1. The van der Waals surface area contributed by atoms with Crippen LogP contribution in [0.5, 0.6) is 0 Å². The van der Waals surface area contributed by atoms with Crippen LogP contribution in [-0.4, -0.2) is 15.8 Å². The summed E-state index contributed by atoms with van der Waals surface area (Å²) >= 11 is 0. The third-order valence-corrected chi connectivity index (χ3v) is 3.63. The highest BCUT2D eigenvalue weighted by atomic mass is 15.3. The number of aryl methyl sites for hydroxylation is 1. The van der Waals surface area contributed by atoms with E-state index >= 15 is 0 Å². The van der Waals surface area contributed by atoms with Crippen molar-refractivity contribution in [2.45, 2.75) is 58.5 Å². The van der Waals surface area contributed by atoms with Crippen LogP contribution in [0.3, 0.4) is 0 Å². The Morgan fingerprint density at radius 3 is 3.06 bits per heavy atom. The summed E-state index contributed by atoms with van der Waals surface area (Å²) in [5.41, 5.74) is 0. The number of unbranched alkanes of at least 4 members (excludes halogenated alkanes) is 1. The van der Waals surface area contributed by atoms with Crippen molar-refractivity contribution in [1.82, 2.24) is 9.78 Å². The van der Waals surface area contributed by atoms with Gasteiger partial charge in [-0.15, -0.1) is 0 Å². The molecule has 2 atom stereocenters. The van der Waals surface area contributed by atoms with Gasteiger partial charge >= 0.3 is 0 Å². The van der Waals surface area contributed by atoms with Crippen LogP contribution in [0, 0.1) is 5.92 Å². The summed E-state index contributed by atoms with van der Waals surface area (Å²) in [6.07, 6.45) is 8.36. The quantitative estimate of drug-likeness (QED) is 0.827. The van der Waals surface area contributed by atoms with E-state index in [2.05, 4.69) is 35.0 Å². The van der Waals surface area contributed by atoms with Gasteiger partial charge in [-0.05, 0) is 25.2 Å². The van der Waals surface area contributed by atoms with Crippen molar-refractivity contribution in [3.63, 3.8) is 0 Å². The van der Waals surface area contributed by atoms with Gasteiger partial charge in [0.2, 0.25) is 0 Å². The minimum absolute atomic E-state index is 0.650. The van der Waals surface area contributed by atoms with E-state index in [4.69, 9.17) is 0 Å². The van der Waals surface area contributed by atoms with Crippen LogP contribution in [0.2, 0.25) is 0 Å². The molecular weight excluding hydrogens is 198 g/mol. The molecular formula is C13H23N3. The number of hydrogen-bond donors (Lipinski definition) is 1. The molecule has 3 heteroatoms. The van der Waals surface area contributed by atoms with Crippen molar-refractivity contribution >= 4 is 5.82 Å². The van der Waals surface area contributed by atoms with Crippen LogP contribution < -0.4 is 5.32 Å². The molecule has 1 aromatic heterocycles. The van der Waals surface area contributed by atoms with Crippen LogP contribution in [0.4, 0.5) is 5.82 Å². The molecule has 1 aliphatic carbocycles. The zero-order valence-corrected chi connectivity index (χ0v) is 10.4. The average Bonchev–Trinajstić information content (AvgIpc) is 2.87. The van der Waals surface area contributed by atoms with E-state index in [1.807, 2.05) is 6.20 Å². The van der Waals surface area contributed by atoms with Gasteiger partial charge in [0.05, 0.1) is 6.20 Å². The fourth-order valence-electron chi connectivity index (χ4n) is 2.49. The first-order valence-corrected chi connectivity index (χ1v) is 6.59. The molecule has 1 heterocycles. The fourth-order valence-corrected chi connectivity index (χ4v) is 2.49. The predicted octanol–water partition coefficient (Wildman–Crippen LogP) is 3.28. The Morgan fingerprint density at radius 2 is 2.38 bits per heavy atom. The molecule has 0 spiro atoms. The SMILES string of the molecule is CCCCn1nccc1NC1CCCC1C. The molecule has 0 saturated heterocycles. The molecule has 90 valence electrons. The Bertz CT molecular complexity index is 319. The van der Waals surface area contributed by atoms with Gasteiger partial charge in [-0.25, -0.2) is 4.68 Å². The van der Waals surface area contributed by atoms with Gasteiger partial charge < -0.3 is 5.32 Å². The summed E-state index contributed by atoms with van der Waals surface area (Å²) in [5.74, 6) is 2.00. The third kappa shape index (κ3) is 2.57. The molecule has 0 amide bonds.